The van der Waals surface area contributed by atoms with Gasteiger partial charge in [-0.15, -0.1) is 3.89 Å². The third-order valence-corrected chi connectivity index (χ3v) is 0. The third-order valence-electron chi connectivity index (χ3n) is 0. The summed E-state index contributed by atoms with van der Waals surface area (Å²) in [5.41, 5.74) is 0. The van der Waals surface area contributed by atoms with Crippen LogP contribution in [0.25, 0.3) is 0 Å². The summed E-state index contributed by atoms with van der Waals surface area (Å²) in [4.78, 5) is 0. The van der Waals surface area contributed by atoms with Crippen molar-refractivity contribution in [1.82, 2.24) is 0 Å². The summed E-state index contributed by atoms with van der Waals surface area (Å²) < 4.78 is 32.8. The number of hydrogen-bond acceptors (Lipinski definition) is 2. The molecule has 0 heterocycles. The van der Waals surface area contributed by atoms with Crippen molar-refractivity contribution in [3.05, 3.63) is 0 Å². The van der Waals surface area contributed by atoms with Crippen LogP contribution < -0.4 is 0 Å². The SMILES string of the molecule is [2H]S(=O)(=O)F. The summed E-state index contributed by atoms with van der Waals surface area (Å²) in [6.07, 6.45) is 0. The molecule has 0 saturated carbocycles. The molecule has 4 heteroatoms. The molecule has 0 atom stereocenters. The normalized spacial score (nSPS) is 14.8. The van der Waals surface area contributed by atoms with Crippen LogP contribution in [-0.2, 0) is 11.0 Å². The molecule has 0 amide bonds. The molecule has 0 spiro atoms. The van der Waals surface area contributed by atoms with Crippen molar-refractivity contribution in [1.29, 1.82) is 1.12 Å². The summed E-state index contributed by atoms with van der Waals surface area (Å²) in [7, 11) is -4.92. The van der Waals surface area contributed by atoms with Crippen LogP contribution in [0.4, 0.5) is 3.89 Å². The second-order valence-electron chi connectivity index (χ2n) is 0.194. The maximum atomic E-state index is 10.3. The van der Waals surface area contributed by atoms with Gasteiger partial charge in [0.05, 0.1) is 0 Å². The smallest absolute Gasteiger partial charge is 0.198 e. The molecular weight excluding hydrogens is 83.1 g/mol. The van der Waals surface area contributed by atoms with Crippen molar-refractivity contribution >= 4 is 11.0 Å². The Morgan fingerprint density at radius 1 is 2.00 bits per heavy atom. The highest BCUT2D eigenvalue weighted by molar-refractivity contribution is 7.66. The highest BCUT2D eigenvalue weighted by Gasteiger charge is 1.50. The first-order chi connectivity index (χ1) is 2.00. The Hall–Kier alpha value is -0.120. The second kappa shape index (κ2) is 1.23. The molecule has 0 aliphatic carbocycles. The van der Waals surface area contributed by atoms with Gasteiger partial charge in [0, 0.05) is 0 Å². The molecule has 0 radical (unpaired) electrons. The number of hydrogen-bond donors (Lipinski definition) is 1. The van der Waals surface area contributed by atoms with Gasteiger partial charge >= 0.3 is 0 Å². The van der Waals surface area contributed by atoms with Gasteiger partial charge in [-0.25, -0.2) is 0 Å². The quantitative estimate of drug-likeness (QED) is 0.317. The van der Waals surface area contributed by atoms with E-state index in [9.17, 15) is 3.89 Å². The van der Waals surface area contributed by atoms with Crippen molar-refractivity contribution < 1.29 is 12.3 Å². The van der Waals surface area contributed by atoms with Crippen molar-refractivity contribution in [3.63, 3.8) is 0 Å². The molecule has 0 aromatic rings. The highest BCUT2D eigenvalue weighted by Crippen LogP contribution is 1.49. The molecule has 4 heavy (non-hydrogen) atoms. The maximum absolute atomic E-state index is 10.3. The first-order valence-corrected chi connectivity index (χ1v) is 1.46. The minimum atomic E-state index is -4.92. The Balaban J connectivity index is 4.06. The Labute approximate surface area is 25.6 Å². The summed E-state index contributed by atoms with van der Waals surface area (Å²) in [6, 6.07) is 0. The van der Waals surface area contributed by atoms with Crippen LogP contribution in [0, 0.1) is 0 Å². The first kappa shape index (κ1) is 2.14. The fraction of sp³-hybridized carbons (Fsp3) is 0. The predicted octanol–water partition coefficient (Wildman–Crippen LogP) is -0.518. The molecule has 0 rings (SSSR count). The lowest BCUT2D eigenvalue weighted by Crippen LogP contribution is -1.44. The van der Waals surface area contributed by atoms with Crippen LogP contribution in [-0.4, -0.2) is 9.54 Å². The maximum Gasteiger partial charge on any atom is 0.292 e. The Morgan fingerprint density at radius 3 is 2.00 bits per heavy atom. The topological polar surface area (TPSA) is 34.1 Å². The van der Waals surface area contributed by atoms with E-state index in [2.05, 4.69) is 0 Å². The summed E-state index contributed by atoms with van der Waals surface area (Å²) >= 11 is 0. The predicted molar refractivity (Wildman–Crippen MR) is 11.4 cm³/mol. The van der Waals surface area contributed by atoms with E-state index in [0.717, 1.165) is 0 Å². The molecule has 0 unspecified atom stereocenters. The van der Waals surface area contributed by atoms with Gasteiger partial charge in [0.1, 0.15) is 0 Å². The summed E-state index contributed by atoms with van der Waals surface area (Å²) in [6.45, 7) is 0. The van der Waals surface area contributed by atoms with Crippen LogP contribution in [0.2, 0.25) is 0 Å². The Morgan fingerprint density at radius 2 is 2.00 bits per heavy atom. The molecule has 0 bridgehead atoms. The van der Waals surface area contributed by atoms with E-state index in [1.807, 2.05) is 0 Å². The molecule has 0 aliphatic rings. The lowest BCUT2D eigenvalue weighted by molar-refractivity contribution is 0.576. The van der Waals surface area contributed by atoms with Gasteiger partial charge in [-0.1, -0.05) is 0 Å². The van der Waals surface area contributed by atoms with E-state index in [1.54, 1.807) is 0 Å². The number of thiol groups is 1. The zero-order valence-corrected chi connectivity index (χ0v) is 2.42. The van der Waals surface area contributed by atoms with Crippen LogP contribution in [0.5, 0.6) is 0 Å². The van der Waals surface area contributed by atoms with Gasteiger partial charge in [0.25, 0.3) is 11.0 Å². The van der Waals surface area contributed by atoms with Gasteiger partial charge in [-0.3, -0.25) is 0 Å². The minimum Gasteiger partial charge on any atom is -0.198 e. The fourth-order valence-corrected chi connectivity index (χ4v) is 0. The highest BCUT2D eigenvalue weighted by atomic mass is 32.2. The third kappa shape index (κ3) is 101. The Kier molecular flexibility index (Phi) is 0.656. The van der Waals surface area contributed by atoms with Gasteiger partial charge < -0.3 is 0 Å². The first-order valence-electron chi connectivity index (χ1n) is 0.896. The van der Waals surface area contributed by atoms with E-state index in [1.165, 1.54) is 0 Å². The molecule has 0 N–H and O–H groups in total. The van der Waals surface area contributed by atoms with E-state index in [4.69, 9.17) is 9.54 Å². The van der Waals surface area contributed by atoms with Crippen molar-refractivity contribution in [3.8, 4) is 0 Å². The summed E-state index contributed by atoms with van der Waals surface area (Å²) in [5.74, 6) is 0. The van der Waals surface area contributed by atoms with E-state index in [0.29, 0.717) is 0 Å². The molecule has 0 saturated heterocycles. The van der Waals surface area contributed by atoms with Crippen LogP contribution >= 0.6 is 0 Å². The average molecular weight is 85.1 g/mol. The van der Waals surface area contributed by atoms with Crippen molar-refractivity contribution in [2.45, 2.75) is 0 Å². The van der Waals surface area contributed by atoms with Gasteiger partial charge in [-0.05, 0) is 0 Å². The second-order valence-corrected chi connectivity index (χ2v) is 0.582. The minimum absolute atomic E-state index is 4.92. The zero-order chi connectivity index (χ0) is 4.50. The van der Waals surface area contributed by atoms with E-state index < -0.39 is 11.0 Å². The lowest BCUT2D eigenvalue weighted by atomic mass is 15.9. The number of rotatable bonds is 0. The molecule has 0 aromatic carbocycles. The Bertz CT molecular complexity index is 92.8. The molecule has 2 nitrogen and oxygen atoms in total. The van der Waals surface area contributed by atoms with Crippen molar-refractivity contribution in [2.24, 2.45) is 0 Å². The molecule has 0 aromatic heterocycles. The zero-order valence-electron chi connectivity index (χ0n) is 2.60. The monoisotopic (exact) mass is 85.0 g/mol. The van der Waals surface area contributed by atoms with E-state index in [-0.39, 0.29) is 0 Å². The fourth-order valence-electron chi connectivity index (χ4n) is 0. The van der Waals surface area contributed by atoms with Crippen LogP contribution in [0.15, 0.2) is 0 Å². The van der Waals surface area contributed by atoms with Crippen molar-refractivity contribution in [2.75, 3.05) is 0 Å². The van der Waals surface area contributed by atoms with E-state index >= 15 is 0 Å². The largest absolute Gasteiger partial charge is 0.292 e. The van der Waals surface area contributed by atoms with Gasteiger partial charge in [0.15, 0.2) is 0 Å². The standard InChI is InChI=1S/FHO2S/c1-4(2)3/h4H/i4D. The molecule has 0 fully saturated rings. The molecule has 26 valence electrons. The van der Waals surface area contributed by atoms with Gasteiger partial charge in [0.2, 0.25) is 1.12 Å². The number of halogens is 1. The lowest BCUT2D eigenvalue weighted by Gasteiger charge is -1.36. The average Bonchev–Trinajstić information content (AvgIpc) is 0.722. The molecule has 0 aliphatic heterocycles. The van der Waals surface area contributed by atoms with Crippen LogP contribution in [0.1, 0.15) is 0 Å². The summed E-state index contributed by atoms with van der Waals surface area (Å²) in [5, 5.41) is 0. The van der Waals surface area contributed by atoms with Crippen LogP contribution in [0.3, 0.4) is 0 Å². The van der Waals surface area contributed by atoms with Gasteiger partial charge in [-0.2, -0.15) is 8.42 Å². The molecular formula is HFO2S.